The fourth-order valence-electron chi connectivity index (χ4n) is 2.32. The zero-order valence-corrected chi connectivity index (χ0v) is 12.7. The third-order valence-corrected chi connectivity index (χ3v) is 11.1. The van der Waals surface area contributed by atoms with Crippen LogP contribution in [-0.2, 0) is 13.6 Å². The van der Waals surface area contributed by atoms with Crippen LogP contribution < -0.4 is 0 Å². The van der Waals surface area contributed by atoms with Crippen molar-refractivity contribution in [3.8, 4) is 0 Å². The molecule has 16 heavy (non-hydrogen) atoms. The Labute approximate surface area is 100 Å². The van der Waals surface area contributed by atoms with Gasteiger partial charge in [0.05, 0.1) is 5.54 Å². The van der Waals surface area contributed by atoms with Crippen LogP contribution in [0.2, 0.25) is 37.8 Å². The number of esters is 1. The van der Waals surface area contributed by atoms with Crippen molar-refractivity contribution < 1.29 is 13.6 Å². The Morgan fingerprint density at radius 3 is 2.62 bits per heavy atom. The molecule has 0 radical (unpaired) electrons. The van der Waals surface area contributed by atoms with E-state index in [9.17, 15) is 4.79 Å². The molecule has 1 fully saturated rings. The van der Waals surface area contributed by atoms with Crippen LogP contribution in [0.15, 0.2) is 12.7 Å². The fourth-order valence-corrected chi connectivity index (χ4v) is 11.8. The Bertz CT molecular complexity index is 287. The number of hydrogen-bond donors (Lipinski definition) is 0. The lowest BCUT2D eigenvalue weighted by atomic mass is 10.3. The number of rotatable bonds is 3. The maximum Gasteiger partial charge on any atom is 0.308 e. The first-order valence-electron chi connectivity index (χ1n) is 5.76. The molecule has 1 heterocycles. The molecule has 3 nitrogen and oxygen atoms in total. The van der Waals surface area contributed by atoms with Gasteiger partial charge in [-0.05, 0) is 38.7 Å². The second-order valence-electron chi connectivity index (χ2n) is 5.48. The summed E-state index contributed by atoms with van der Waals surface area (Å²) >= 11 is 0. The summed E-state index contributed by atoms with van der Waals surface area (Å²) in [4.78, 5) is 11.9. The van der Waals surface area contributed by atoms with Gasteiger partial charge in [0.25, 0.3) is 0 Å². The van der Waals surface area contributed by atoms with Crippen molar-refractivity contribution >= 4 is 22.6 Å². The highest BCUT2D eigenvalue weighted by molar-refractivity contribution is 6.88. The molecule has 1 rings (SSSR count). The van der Waals surface area contributed by atoms with Crippen LogP contribution in [0, 0.1) is 0 Å². The predicted molar refractivity (Wildman–Crippen MR) is 70.4 cm³/mol. The molecular formula is C11H22O3Si2. The normalized spacial score (nSPS) is 27.1. The average molecular weight is 258 g/mol. The Morgan fingerprint density at radius 1 is 1.50 bits per heavy atom. The van der Waals surface area contributed by atoms with Gasteiger partial charge in [-0.25, -0.2) is 0 Å². The van der Waals surface area contributed by atoms with Gasteiger partial charge in [-0.1, -0.05) is 12.7 Å². The van der Waals surface area contributed by atoms with Crippen molar-refractivity contribution in [1.29, 1.82) is 0 Å². The largest absolute Gasteiger partial charge is 0.461 e. The topological polar surface area (TPSA) is 35.5 Å². The second-order valence-corrected chi connectivity index (χ2v) is 14.2. The molecule has 1 aliphatic rings. The van der Waals surface area contributed by atoms with Crippen LogP contribution in [0.1, 0.15) is 6.42 Å². The number of ether oxygens (including phenoxy) is 1. The van der Waals surface area contributed by atoms with Crippen molar-refractivity contribution in [1.82, 2.24) is 0 Å². The minimum atomic E-state index is -1.92. The molecule has 1 unspecified atom stereocenters. The quantitative estimate of drug-likeness (QED) is 0.443. The Hall–Kier alpha value is -0.396. The van der Waals surface area contributed by atoms with E-state index in [4.69, 9.17) is 8.85 Å². The fraction of sp³-hybridized carbons (Fsp3) is 0.727. The van der Waals surface area contributed by atoms with Crippen LogP contribution in [0.3, 0.4) is 0 Å². The SMILES string of the molecule is C=CCOC(=O)C1CC[Si](C)(C)O[Si]1(C)C. The molecule has 1 saturated heterocycles. The highest BCUT2D eigenvalue weighted by Gasteiger charge is 2.48. The molecule has 1 aliphatic heterocycles. The van der Waals surface area contributed by atoms with Gasteiger partial charge in [-0.2, -0.15) is 0 Å². The van der Waals surface area contributed by atoms with Crippen molar-refractivity contribution in [2.45, 2.75) is 44.2 Å². The summed E-state index contributed by atoms with van der Waals surface area (Å²) < 4.78 is 11.4. The summed E-state index contributed by atoms with van der Waals surface area (Å²) in [5.41, 5.74) is -0.00650. The molecule has 1 atom stereocenters. The summed E-state index contributed by atoms with van der Waals surface area (Å²) in [6.07, 6.45) is 2.54. The smallest absolute Gasteiger partial charge is 0.308 e. The first kappa shape index (κ1) is 13.7. The van der Waals surface area contributed by atoms with Gasteiger partial charge >= 0.3 is 5.97 Å². The molecule has 0 N–H and O–H groups in total. The van der Waals surface area contributed by atoms with Crippen LogP contribution in [0.25, 0.3) is 0 Å². The summed E-state index contributed by atoms with van der Waals surface area (Å²) in [6, 6.07) is 1.05. The van der Waals surface area contributed by atoms with E-state index in [0.717, 1.165) is 12.5 Å². The maximum absolute atomic E-state index is 11.9. The first-order chi connectivity index (χ1) is 7.28. The van der Waals surface area contributed by atoms with Crippen molar-refractivity contribution in [2.75, 3.05) is 6.61 Å². The third kappa shape index (κ3) is 3.30. The van der Waals surface area contributed by atoms with E-state index in [1.54, 1.807) is 6.08 Å². The molecule has 0 spiro atoms. The number of carbonyl (C=O) groups excluding carboxylic acids is 1. The van der Waals surface area contributed by atoms with E-state index in [1.807, 2.05) is 0 Å². The highest BCUT2D eigenvalue weighted by atomic mass is 28.4. The second kappa shape index (κ2) is 4.85. The van der Waals surface area contributed by atoms with E-state index < -0.39 is 16.6 Å². The molecule has 92 valence electrons. The zero-order valence-electron chi connectivity index (χ0n) is 10.7. The van der Waals surface area contributed by atoms with Gasteiger partial charge in [0.2, 0.25) is 0 Å². The minimum absolute atomic E-state index is 0.00650. The molecule has 5 heteroatoms. The van der Waals surface area contributed by atoms with Gasteiger partial charge in [0, 0.05) is 0 Å². The zero-order chi connectivity index (χ0) is 12.4. The molecule has 0 saturated carbocycles. The van der Waals surface area contributed by atoms with Gasteiger partial charge in [-0.15, -0.1) is 0 Å². The average Bonchev–Trinajstić information content (AvgIpc) is 2.11. The number of carbonyl (C=O) groups is 1. The van der Waals surface area contributed by atoms with Crippen LogP contribution in [0.5, 0.6) is 0 Å². The summed E-state index contributed by atoms with van der Waals surface area (Å²) in [6.45, 7) is 12.6. The molecular weight excluding hydrogens is 236 g/mol. The maximum atomic E-state index is 11.9. The monoisotopic (exact) mass is 258 g/mol. The molecule has 0 aliphatic carbocycles. The Morgan fingerprint density at radius 2 is 2.12 bits per heavy atom. The van der Waals surface area contributed by atoms with Gasteiger partial charge in [0.15, 0.2) is 16.6 Å². The van der Waals surface area contributed by atoms with Crippen LogP contribution >= 0.6 is 0 Å². The van der Waals surface area contributed by atoms with Crippen molar-refractivity contribution in [2.24, 2.45) is 0 Å². The Balaban J connectivity index is 2.68. The van der Waals surface area contributed by atoms with Crippen LogP contribution in [0.4, 0.5) is 0 Å². The van der Waals surface area contributed by atoms with E-state index >= 15 is 0 Å². The van der Waals surface area contributed by atoms with Crippen LogP contribution in [-0.4, -0.2) is 29.2 Å². The third-order valence-electron chi connectivity index (χ3n) is 3.04. The minimum Gasteiger partial charge on any atom is -0.461 e. The standard InChI is InChI=1S/C11H22O3Si2/c1-6-8-13-11(12)10-7-9-15(2,3)14-16(10,4)5/h6,10H,1,7-9H2,2-5H3. The summed E-state index contributed by atoms with van der Waals surface area (Å²) in [5.74, 6) is -0.0962. The summed E-state index contributed by atoms with van der Waals surface area (Å²) in [7, 11) is -3.43. The first-order valence-corrected chi connectivity index (χ1v) is 11.9. The molecule has 0 bridgehead atoms. The van der Waals surface area contributed by atoms with Gasteiger partial charge in [-0.3, -0.25) is 4.79 Å². The highest BCUT2D eigenvalue weighted by Crippen LogP contribution is 2.39. The lowest BCUT2D eigenvalue weighted by Gasteiger charge is -2.43. The summed E-state index contributed by atoms with van der Waals surface area (Å²) in [5, 5.41) is 0. The Kier molecular flexibility index (Phi) is 4.14. The van der Waals surface area contributed by atoms with E-state index in [2.05, 4.69) is 32.8 Å². The van der Waals surface area contributed by atoms with E-state index in [-0.39, 0.29) is 11.5 Å². The lowest BCUT2D eigenvalue weighted by Crippen LogP contribution is -2.53. The lowest BCUT2D eigenvalue weighted by molar-refractivity contribution is -0.142. The van der Waals surface area contributed by atoms with E-state index in [1.165, 1.54) is 0 Å². The van der Waals surface area contributed by atoms with E-state index in [0.29, 0.717) is 6.61 Å². The molecule has 0 aromatic carbocycles. The molecule has 0 aromatic heterocycles. The number of hydrogen-bond acceptors (Lipinski definition) is 3. The van der Waals surface area contributed by atoms with Crippen molar-refractivity contribution in [3.05, 3.63) is 12.7 Å². The molecule has 0 aromatic rings. The van der Waals surface area contributed by atoms with Gasteiger partial charge in [0.1, 0.15) is 6.61 Å². The van der Waals surface area contributed by atoms with Crippen molar-refractivity contribution in [3.63, 3.8) is 0 Å². The predicted octanol–water partition coefficient (Wildman–Crippen LogP) is 2.92. The molecule has 0 amide bonds. The van der Waals surface area contributed by atoms with Gasteiger partial charge < -0.3 is 8.85 Å².